The van der Waals surface area contributed by atoms with Crippen LogP contribution in [0.3, 0.4) is 0 Å². The third-order valence-electron chi connectivity index (χ3n) is 4.28. The molecule has 96 valence electrons. The van der Waals surface area contributed by atoms with E-state index in [1.807, 2.05) is 12.3 Å². The maximum Gasteiger partial charge on any atom is 0.315 e. The maximum absolute atomic E-state index is 11.6. The predicted molar refractivity (Wildman–Crippen MR) is 69.2 cm³/mol. The van der Waals surface area contributed by atoms with Crippen LogP contribution in [0.1, 0.15) is 37.4 Å². The average Bonchev–Trinajstić information content (AvgIpc) is 2.91. The van der Waals surface area contributed by atoms with Crippen LogP contribution in [0.5, 0.6) is 0 Å². The largest absolute Gasteiger partial charge is 0.335 e. The lowest BCUT2D eigenvalue weighted by atomic mass is 9.81. The molecule has 4 heteroatoms. The number of amides is 2. The topological polar surface area (TPSA) is 54.0 Å². The van der Waals surface area contributed by atoms with E-state index < -0.39 is 0 Å². The molecule has 3 rings (SSSR count). The van der Waals surface area contributed by atoms with E-state index in [1.165, 1.54) is 18.4 Å². The van der Waals surface area contributed by atoms with Crippen molar-refractivity contribution in [2.75, 3.05) is 6.54 Å². The molecule has 2 N–H and O–H groups in total. The van der Waals surface area contributed by atoms with Crippen molar-refractivity contribution in [1.29, 1.82) is 0 Å². The van der Waals surface area contributed by atoms with E-state index >= 15 is 0 Å². The first-order valence-corrected chi connectivity index (χ1v) is 6.76. The number of urea groups is 1. The zero-order valence-corrected chi connectivity index (χ0v) is 10.7. The molecule has 1 spiro atoms. The van der Waals surface area contributed by atoms with Gasteiger partial charge in [0.05, 0.1) is 5.54 Å². The van der Waals surface area contributed by atoms with Gasteiger partial charge in [0.2, 0.25) is 0 Å². The zero-order valence-electron chi connectivity index (χ0n) is 10.7. The van der Waals surface area contributed by atoms with Gasteiger partial charge in [-0.05, 0) is 24.8 Å². The molecule has 1 aromatic heterocycles. The van der Waals surface area contributed by atoms with Crippen LogP contribution in [0.4, 0.5) is 4.79 Å². The summed E-state index contributed by atoms with van der Waals surface area (Å²) in [7, 11) is 0. The van der Waals surface area contributed by atoms with E-state index in [1.54, 1.807) is 0 Å². The molecule has 0 radical (unpaired) electrons. The Labute approximate surface area is 107 Å². The summed E-state index contributed by atoms with van der Waals surface area (Å²) < 4.78 is 0. The third-order valence-corrected chi connectivity index (χ3v) is 4.28. The quantitative estimate of drug-likeness (QED) is 0.855. The zero-order chi connectivity index (χ0) is 12.6. The van der Waals surface area contributed by atoms with Gasteiger partial charge in [0.25, 0.3) is 0 Å². The standard InChI is InChI=1S/C14H19N3O/c1-2-3-5-10-8-12-11(6-4-7-15-12)14(10)9-16-13(18)17-14/h4,6-7,10H,2-3,5,8-9H2,1H3,(H2,16,17,18). The number of hydrogen-bond donors (Lipinski definition) is 2. The summed E-state index contributed by atoms with van der Waals surface area (Å²) in [5, 5.41) is 6.08. The van der Waals surface area contributed by atoms with Crippen molar-refractivity contribution in [2.45, 2.75) is 38.1 Å². The molecule has 1 aromatic rings. The molecule has 0 bridgehead atoms. The van der Waals surface area contributed by atoms with Crippen LogP contribution < -0.4 is 10.6 Å². The monoisotopic (exact) mass is 245 g/mol. The summed E-state index contributed by atoms with van der Waals surface area (Å²) >= 11 is 0. The molecule has 0 saturated carbocycles. The highest BCUT2D eigenvalue weighted by Crippen LogP contribution is 2.44. The molecule has 1 saturated heterocycles. The Morgan fingerprint density at radius 2 is 2.44 bits per heavy atom. The fraction of sp³-hybridized carbons (Fsp3) is 0.571. The summed E-state index contributed by atoms with van der Waals surface area (Å²) in [6.45, 7) is 2.90. The number of nitrogens with zero attached hydrogens (tertiary/aromatic N) is 1. The highest BCUT2D eigenvalue weighted by Gasteiger charge is 2.51. The van der Waals surface area contributed by atoms with E-state index in [0.717, 1.165) is 18.5 Å². The number of carbonyl (C=O) groups is 1. The smallest absolute Gasteiger partial charge is 0.315 e. The Balaban J connectivity index is 1.97. The van der Waals surface area contributed by atoms with Gasteiger partial charge in [0, 0.05) is 24.0 Å². The first-order valence-electron chi connectivity index (χ1n) is 6.76. The van der Waals surface area contributed by atoms with Crippen LogP contribution in [0.2, 0.25) is 0 Å². The molecule has 1 fully saturated rings. The Hall–Kier alpha value is -1.58. The van der Waals surface area contributed by atoms with Gasteiger partial charge in [-0.3, -0.25) is 4.98 Å². The van der Waals surface area contributed by atoms with E-state index in [2.05, 4.69) is 28.6 Å². The van der Waals surface area contributed by atoms with Crippen LogP contribution in [0, 0.1) is 5.92 Å². The number of fused-ring (bicyclic) bond motifs is 2. The van der Waals surface area contributed by atoms with Crippen LogP contribution >= 0.6 is 0 Å². The molecule has 2 aliphatic rings. The molecule has 2 unspecified atom stereocenters. The summed E-state index contributed by atoms with van der Waals surface area (Å²) in [5.41, 5.74) is 2.16. The third kappa shape index (κ3) is 1.59. The molecule has 1 aliphatic carbocycles. The van der Waals surface area contributed by atoms with E-state index in [9.17, 15) is 4.79 Å². The molecule has 18 heavy (non-hydrogen) atoms. The van der Waals surface area contributed by atoms with Crippen molar-refractivity contribution in [3.8, 4) is 0 Å². The van der Waals surface area contributed by atoms with Crippen LogP contribution in [0.15, 0.2) is 18.3 Å². The average molecular weight is 245 g/mol. The number of hydrogen-bond acceptors (Lipinski definition) is 2. The number of carbonyl (C=O) groups excluding carboxylic acids is 1. The Kier molecular flexibility index (Phi) is 2.73. The number of aromatic nitrogens is 1. The van der Waals surface area contributed by atoms with Crippen molar-refractivity contribution < 1.29 is 4.79 Å². The number of rotatable bonds is 3. The van der Waals surface area contributed by atoms with Gasteiger partial charge in [-0.2, -0.15) is 0 Å². The van der Waals surface area contributed by atoms with Gasteiger partial charge in [-0.25, -0.2) is 4.79 Å². The maximum atomic E-state index is 11.6. The van der Waals surface area contributed by atoms with Gasteiger partial charge in [-0.15, -0.1) is 0 Å². The number of pyridine rings is 1. The highest BCUT2D eigenvalue weighted by molar-refractivity contribution is 5.78. The first-order chi connectivity index (χ1) is 8.76. The molecule has 2 heterocycles. The molecular formula is C14H19N3O. The van der Waals surface area contributed by atoms with E-state index in [0.29, 0.717) is 12.5 Å². The van der Waals surface area contributed by atoms with E-state index in [-0.39, 0.29) is 11.6 Å². The lowest BCUT2D eigenvalue weighted by Gasteiger charge is -2.31. The van der Waals surface area contributed by atoms with Gasteiger partial charge in [-0.1, -0.05) is 25.8 Å². The molecular weight excluding hydrogens is 226 g/mol. The minimum Gasteiger partial charge on any atom is -0.335 e. The van der Waals surface area contributed by atoms with Gasteiger partial charge in [0.1, 0.15) is 0 Å². The molecule has 4 nitrogen and oxygen atoms in total. The van der Waals surface area contributed by atoms with Crippen LogP contribution in [-0.2, 0) is 12.0 Å². The van der Waals surface area contributed by atoms with E-state index in [4.69, 9.17) is 0 Å². The minimum atomic E-state index is -0.212. The van der Waals surface area contributed by atoms with Crippen LogP contribution in [-0.4, -0.2) is 17.6 Å². The Bertz CT molecular complexity index is 474. The van der Waals surface area contributed by atoms with Gasteiger partial charge >= 0.3 is 6.03 Å². The second kappa shape index (κ2) is 4.26. The summed E-state index contributed by atoms with van der Waals surface area (Å²) in [5.74, 6) is 0.473. The molecule has 2 atom stereocenters. The summed E-state index contributed by atoms with van der Waals surface area (Å²) in [6, 6.07) is 4.03. The van der Waals surface area contributed by atoms with Crippen molar-refractivity contribution in [1.82, 2.24) is 15.6 Å². The predicted octanol–water partition coefficient (Wildman–Crippen LogP) is 1.95. The van der Waals surface area contributed by atoms with Crippen molar-refractivity contribution in [3.63, 3.8) is 0 Å². The van der Waals surface area contributed by atoms with Crippen LogP contribution in [0.25, 0.3) is 0 Å². The van der Waals surface area contributed by atoms with Crippen molar-refractivity contribution in [2.24, 2.45) is 5.92 Å². The summed E-state index contributed by atoms with van der Waals surface area (Å²) in [6.07, 6.45) is 6.37. The second-order valence-corrected chi connectivity index (χ2v) is 5.32. The minimum absolute atomic E-state index is 0.0480. The molecule has 1 aliphatic heterocycles. The van der Waals surface area contributed by atoms with Gasteiger partial charge in [0.15, 0.2) is 0 Å². The molecule has 0 aromatic carbocycles. The van der Waals surface area contributed by atoms with Crippen molar-refractivity contribution >= 4 is 6.03 Å². The van der Waals surface area contributed by atoms with Gasteiger partial charge < -0.3 is 10.6 Å². The highest BCUT2D eigenvalue weighted by atomic mass is 16.2. The summed E-state index contributed by atoms with van der Waals surface area (Å²) in [4.78, 5) is 16.1. The SMILES string of the molecule is CCCCC1Cc2ncccc2C12CNC(=O)N2. The number of unbranched alkanes of at least 4 members (excludes halogenated alkanes) is 1. The number of nitrogens with one attached hydrogen (secondary N) is 2. The fourth-order valence-electron chi connectivity index (χ4n) is 3.35. The lowest BCUT2D eigenvalue weighted by molar-refractivity contribution is 0.231. The Morgan fingerprint density at radius 1 is 1.56 bits per heavy atom. The second-order valence-electron chi connectivity index (χ2n) is 5.32. The first kappa shape index (κ1) is 11.5. The normalized spacial score (nSPS) is 29.2. The fourth-order valence-corrected chi connectivity index (χ4v) is 3.35. The van der Waals surface area contributed by atoms with Crippen molar-refractivity contribution in [3.05, 3.63) is 29.6 Å². The lowest BCUT2D eigenvalue weighted by Crippen LogP contribution is -2.44. The molecule has 2 amide bonds. The Morgan fingerprint density at radius 3 is 3.17 bits per heavy atom.